The van der Waals surface area contributed by atoms with Crippen LogP contribution in [0.4, 0.5) is 0 Å². The molecule has 0 saturated heterocycles. The Morgan fingerprint density at radius 3 is 2.54 bits per heavy atom. The first-order valence-corrected chi connectivity index (χ1v) is 8.39. The average Bonchev–Trinajstić information content (AvgIpc) is 2.67. The van der Waals surface area contributed by atoms with E-state index in [1.54, 1.807) is 13.0 Å². The van der Waals surface area contributed by atoms with E-state index in [2.05, 4.69) is 11.1 Å². The number of ether oxygens (including phenoxy) is 1. The van der Waals surface area contributed by atoms with Gasteiger partial charge in [0.2, 0.25) is 0 Å². The van der Waals surface area contributed by atoms with Crippen molar-refractivity contribution < 1.29 is 9.53 Å². The highest BCUT2D eigenvalue weighted by Crippen LogP contribution is 2.28. The second kappa shape index (κ2) is 7.62. The van der Waals surface area contributed by atoms with Crippen molar-refractivity contribution in [3.8, 4) is 6.07 Å². The molecule has 0 unspecified atom stereocenters. The molecule has 0 fully saturated rings. The fourth-order valence-corrected chi connectivity index (χ4v) is 2.89. The number of hydrogen-bond acceptors (Lipinski definition) is 4. The van der Waals surface area contributed by atoms with Crippen LogP contribution in [0.25, 0.3) is 22.6 Å². The number of nitriles is 1. The van der Waals surface area contributed by atoms with E-state index in [0.29, 0.717) is 16.8 Å². The lowest BCUT2D eigenvalue weighted by Crippen LogP contribution is -2.12. The van der Waals surface area contributed by atoms with Crippen molar-refractivity contribution in [3.05, 3.63) is 77.0 Å². The van der Waals surface area contributed by atoms with E-state index in [1.807, 2.05) is 61.5 Å². The van der Waals surface area contributed by atoms with Gasteiger partial charge in [-0.1, -0.05) is 48.5 Å². The quantitative estimate of drug-likeness (QED) is 0.505. The zero-order valence-electron chi connectivity index (χ0n) is 14.7. The Balaban J connectivity index is 2.29. The second-order valence-electron chi connectivity index (χ2n) is 5.78. The number of carbonyl (C=O) groups excluding carboxylic acids is 1. The highest BCUT2D eigenvalue weighted by Gasteiger charge is 2.22. The Morgan fingerprint density at radius 1 is 1.15 bits per heavy atom. The van der Waals surface area contributed by atoms with Crippen molar-refractivity contribution >= 4 is 28.5 Å². The third-order valence-electron chi connectivity index (χ3n) is 4.12. The number of nitrogens with zero attached hydrogens (tertiary/aromatic N) is 2. The Hall–Kier alpha value is -3.45. The number of allylic oxidation sites excluding steroid dienone is 1. The van der Waals surface area contributed by atoms with E-state index in [1.165, 1.54) is 0 Å². The zero-order chi connectivity index (χ0) is 18.5. The first-order valence-electron chi connectivity index (χ1n) is 8.39. The molecular formula is C22H18N2O2. The number of hydrogen-bond donors (Lipinski definition) is 0. The van der Waals surface area contributed by atoms with Crippen LogP contribution in [0.3, 0.4) is 0 Å². The lowest BCUT2D eigenvalue weighted by atomic mass is 9.97. The van der Waals surface area contributed by atoms with Crippen LogP contribution in [0.5, 0.6) is 0 Å². The van der Waals surface area contributed by atoms with Crippen LogP contribution >= 0.6 is 0 Å². The van der Waals surface area contributed by atoms with Gasteiger partial charge in [-0.3, -0.25) is 0 Å². The fraction of sp³-hybridized carbons (Fsp3) is 0.136. The van der Waals surface area contributed by atoms with Crippen LogP contribution in [0, 0.1) is 18.3 Å². The van der Waals surface area contributed by atoms with Gasteiger partial charge in [-0.15, -0.1) is 0 Å². The molecule has 0 N–H and O–H groups in total. The van der Waals surface area contributed by atoms with Gasteiger partial charge in [-0.25, -0.2) is 9.78 Å². The van der Waals surface area contributed by atoms with Crippen molar-refractivity contribution in [1.29, 1.82) is 5.26 Å². The molecular weight excluding hydrogens is 324 g/mol. The minimum Gasteiger partial charge on any atom is -0.462 e. The molecule has 2 aromatic carbocycles. The summed E-state index contributed by atoms with van der Waals surface area (Å²) >= 11 is 0. The van der Waals surface area contributed by atoms with Crippen molar-refractivity contribution in [3.63, 3.8) is 0 Å². The monoisotopic (exact) mass is 342 g/mol. The summed E-state index contributed by atoms with van der Waals surface area (Å²) < 4.78 is 5.23. The number of aryl methyl sites for hydroxylation is 1. The van der Waals surface area contributed by atoms with Crippen molar-refractivity contribution in [2.45, 2.75) is 13.8 Å². The largest absolute Gasteiger partial charge is 0.462 e. The maximum atomic E-state index is 12.6. The molecule has 0 amide bonds. The fourth-order valence-electron chi connectivity index (χ4n) is 2.89. The van der Waals surface area contributed by atoms with Crippen LogP contribution < -0.4 is 0 Å². The first-order chi connectivity index (χ1) is 12.7. The van der Waals surface area contributed by atoms with Crippen LogP contribution in [0.2, 0.25) is 0 Å². The summed E-state index contributed by atoms with van der Waals surface area (Å²) in [5.41, 5.74) is 3.39. The number of fused-ring (bicyclic) bond motifs is 1. The van der Waals surface area contributed by atoms with Gasteiger partial charge in [0, 0.05) is 5.39 Å². The van der Waals surface area contributed by atoms with Crippen LogP contribution in [-0.4, -0.2) is 17.6 Å². The van der Waals surface area contributed by atoms with Crippen molar-refractivity contribution in [2.24, 2.45) is 0 Å². The first kappa shape index (κ1) is 17.4. The van der Waals surface area contributed by atoms with Crippen molar-refractivity contribution in [2.75, 3.05) is 6.61 Å². The number of esters is 1. The van der Waals surface area contributed by atoms with Crippen LogP contribution in [-0.2, 0) is 4.74 Å². The van der Waals surface area contributed by atoms with Gasteiger partial charge in [0.15, 0.2) is 0 Å². The number of carbonyl (C=O) groups is 1. The smallest absolute Gasteiger partial charge is 0.340 e. The molecule has 128 valence electrons. The predicted octanol–water partition coefficient (Wildman–Crippen LogP) is 4.78. The maximum Gasteiger partial charge on any atom is 0.340 e. The van der Waals surface area contributed by atoms with Gasteiger partial charge in [0.1, 0.15) is 6.07 Å². The Labute approximate surface area is 152 Å². The lowest BCUT2D eigenvalue weighted by Gasteiger charge is -2.13. The molecule has 0 atom stereocenters. The summed E-state index contributed by atoms with van der Waals surface area (Å²) in [6.07, 6.45) is 1.74. The van der Waals surface area contributed by atoms with E-state index >= 15 is 0 Å². The molecule has 1 aromatic heterocycles. The molecule has 0 radical (unpaired) electrons. The highest BCUT2D eigenvalue weighted by molar-refractivity contribution is 6.05. The summed E-state index contributed by atoms with van der Waals surface area (Å²) in [6.45, 7) is 3.87. The van der Waals surface area contributed by atoms with E-state index in [4.69, 9.17) is 4.74 Å². The number of para-hydroxylation sites is 1. The number of aromatic nitrogens is 1. The molecule has 3 rings (SSSR count). The van der Waals surface area contributed by atoms with Gasteiger partial charge in [-0.2, -0.15) is 5.26 Å². The third-order valence-corrected chi connectivity index (χ3v) is 4.12. The van der Waals surface area contributed by atoms with Gasteiger partial charge in [-0.05, 0) is 37.1 Å². The second-order valence-corrected chi connectivity index (χ2v) is 5.78. The molecule has 0 aliphatic rings. The summed E-state index contributed by atoms with van der Waals surface area (Å²) in [6, 6.07) is 19.3. The summed E-state index contributed by atoms with van der Waals surface area (Å²) in [5, 5.41) is 10.6. The van der Waals surface area contributed by atoms with Gasteiger partial charge in [0.05, 0.1) is 29.0 Å². The topological polar surface area (TPSA) is 63.0 Å². The molecule has 0 aliphatic heterocycles. The Bertz CT molecular complexity index is 1030. The lowest BCUT2D eigenvalue weighted by molar-refractivity contribution is 0.0525. The Kier molecular flexibility index (Phi) is 5.09. The molecule has 1 heterocycles. The highest BCUT2D eigenvalue weighted by atomic mass is 16.5. The molecule has 4 heteroatoms. The average molecular weight is 342 g/mol. The van der Waals surface area contributed by atoms with Gasteiger partial charge >= 0.3 is 5.97 Å². The standard InChI is InChI=1S/C22H18N2O2/c1-3-26-22(25)20-15(2)18-11-7-8-12-19(18)24-21(20)17(14-23)13-16-9-5-4-6-10-16/h4-13H,3H2,1-2H3/b17-13+. The van der Waals surface area contributed by atoms with Gasteiger partial charge < -0.3 is 4.74 Å². The molecule has 0 saturated carbocycles. The third kappa shape index (κ3) is 3.33. The Morgan fingerprint density at radius 2 is 1.85 bits per heavy atom. The molecule has 0 spiro atoms. The van der Waals surface area contributed by atoms with Crippen molar-refractivity contribution in [1.82, 2.24) is 4.98 Å². The summed E-state index contributed by atoms with van der Waals surface area (Å²) in [5.74, 6) is -0.465. The van der Waals surface area contributed by atoms with E-state index in [-0.39, 0.29) is 6.61 Å². The van der Waals surface area contributed by atoms with E-state index < -0.39 is 5.97 Å². The molecule has 0 bridgehead atoms. The minimum atomic E-state index is -0.465. The zero-order valence-corrected chi connectivity index (χ0v) is 14.7. The van der Waals surface area contributed by atoms with E-state index in [9.17, 15) is 10.1 Å². The predicted molar refractivity (Wildman–Crippen MR) is 102 cm³/mol. The van der Waals surface area contributed by atoms with Crippen LogP contribution in [0.15, 0.2) is 54.6 Å². The number of benzene rings is 2. The molecule has 26 heavy (non-hydrogen) atoms. The number of pyridine rings is 1. The number of rotatable bonds is 4. The van der Waals surface area contributed by atoms with E-state index in [0.717, 1.165) is 22.0 Å². The molecule has 4 nitrogen and oxygen atoms in total. The van der Waals surface area contributed by atoms with Crippen LogP contribution in [0.1, 0.15) is 34.1 Å². The minimum absolute atomic E-state index is 0.259. The molecule has 3 aromatic rings. The normalized spacial score (nSPS) is 11.2. The summed E-state index contributed by atoms with van der Waals surface area (Å²) in [4.78, 5) is 17.2. The van der Waals surface area contributed by atoms with Gasteiger partial charge in [0.25, 0.3) is 0 Å². The SMILES string of the molecule is CCOC(=O)c1c(/C(C#N)=C/c2ccccc2)nc2ccccc2c1C. The summed E-state index contributed by atoms with van der Waals surface area (Å²) in [7, 11) is 0. The maximum absolute atomic E-state index is 12.6. The molecule has 0 aliphatic carbocycles.